The molecule has 0 N–H and O–H groups in total. The number of rotatable bonds is 5. The Balaban J connectivity index is 1.70. The maximum absolute atomic E-state index is 15.6. The number of hydrogen-bond acceptors (Lipinski definition) is 3. The fourth-order valence-corrected chi connectivity index (χ4v) is 9.77. The molecule has 2 aliphatic rings. The molecule has 2 aliphatic heterocycles. The van der Waals surface area contributed by atoms with Crippen LogP contribution in [0.4, 0.5) is 11.4 Å². The van der Waals surface area contributed by atoms with Crippen LogP contribution in [0.25, 0.3) is 0 Å². The molecule has 3 aromatic rings. The summed E-state index contributed by atoms with van der Waals surface area (Å²) in [6, 6.07) is 31.5. The smallest absolute Gasteiger partial charge is 0.284 e. The highest BCUT2D eigenvalue weighted by atomic mass is 32.2. The first-order valence-corrected chi connectivity index (χ1v) is 14.2. The van der Waals surface area contributed by atoms with E-state index in [2.05, 4.69) is 69.7 Å². The van der Waals surface area contributed by atoms with Gasteiger partial charge in [-0.1, -0.05) is 66.7 Å². The Morgan fingerprint density at radius 1 is 0.781 bits per heavy atom. The minimum absolute atomic E-state index is 0.192. The van der Waals surface area contributed by atoms with Gasteiger partial charge in [0.1, 0.15) is 5.78 Å². The van der Waals surface area contributed by atoms with Gasteiger partial charge in [0.15, 0.2) is 0 Å². The van der Waals surface area contributed by atoms with Crippen LogP contribution in [0.3, 0.4) is 0 Å². The van der Waals surface area contributed by atoms with E-state index in [4.69, 9.17) is 0 Å². The van der Waals surface area contributed by atoms with Gasteiger partial charge in [0.05, 0.1) is 0 Å². The third-order valence-electron chi connectivity index (χ3n) is 6.47. The monoisotopic (exact) mass is 463 g/mol. The zero-order valence-electron chi connectivity index (χ0n) is 18.5. The quantitative estimate of drug-likeness (QED) is 0.411. The summed E-state index contributed by atoms with van der Waals surface area (Å²) in [5, 5.41) is 0. The van der Waals surface area contributed by atoms with Gasteiger partial charge in [-0.25, -0.2) is 0 Å². The fraction of sp³-hybridized carbons (Fsp3) is 0.308. The first-order valence-electron chi connectivity index (χ1n) is 11.3. The molecule has 0 bridgehead atoms. The van der Waals surface area contributed by atoms with Crippen LogP contribution in [0.5, 0.6) is 0 Å². The van der Waals surface area contributed by atoms with Gasteiger partial charge in [-0.15, -0.1) is 0 Å². The van der Waals surface area contributed by atoms with E-state index in [1.54, 1.807) is 0 Å². The van der Waals surface area contributed by atoms with Crippen molar-refractivity contribution in [2.24, 2.45) is 0 Å². The summed E-state index contributed by atoms with van der Waals surface area (Å²) in [5.74, 6) is 1.95. The van der Waals surface area contributed by atoms with Crippen LogP contribution in [-0.2, 0) is 4.57 Å². The van der Waals surface area contributed by atoms with Crippen LogP contribution >= 0.6 is 19.2 Å². The molecule has 3 aromatic carbocycles. The van der Waals surface area contributed by atoms with E-state index in [9.17, 15) is 0 Å². The van der Waals surface area contributed by atoms with E-state index in [-0.39, 0.29) is 5.78 Å². The predicted octanol–water partition coefficient (Wildman–Crippen LogP) is 6.34. The third-order valence-corrected chi connectivity index (χ3v) is 11.1. The van der Waals surface area contributed by atoms with Crippen molar-refractivity contribution in [1.82, 2.24) is 4.90 Å². The molecule has 0 spiro atoms. The van der Waals surface area contributed by atoms with Crippen molar-refractivity contribution in [3.05, 3.63) is 96.6 Å². The van der Waals surface area contributed by atoms with Crippen LogP contribution in [0.1, 0.15) is 18.3 Å². The summed E-state index contributed by atoms with van der Waals surface area (Å²) in [7, 11) is -3.09. The zero-order valence-corrected chi connectivity index (χ0v) is 20.2. The molecule has 2 atom stereocenters. The second-order valence-electron chi connectivity index (χ2n) is 8.45. The molecule has 0 saturated carbocycles. The molecule has 6 heteroatoms. The highest BCUT2D eigenvalue weighted by Crippen LogP contribution is 2.70. The molecule has 0 aliphatic carbocycles. The summed E-state index contributed by atoms with van der Waals surface area (Å²) in [5.41, 5.74) is 3.21. The lowest BCUT2D eigenvalue weighted by Gasteiger charge is -2.46. The van der Waals surface area contributed by atoms with Crippen molar-refractivity contribution in [2.75, 3.05) is 40.5 Å². The van der Waals surface area contributed by atoms with Crippen LogP contribution < -0.4 is 9.34 Å². The first-order chi connectivity index (χ1) is 15.7. The molecular weight excluding hydrogens is 433 g/mol. The zero-order chi connectivity index (χ0) is 22.0. The number of benzene rings is 3. The van der Waals surface area contributed by atoms with Crippen molar-refractivity contribution < 1.29 is 4.57 Å². The van der Waals surface area contributed by atoms with Crippen molar-refractivity contribution in [2.45, 2.75) is 18.7 Å². The molecule has 2 saturated heterocycles. The minimum Gasteiger partial charge on any atom is -0.304 e. The molecule has 166 valence electrons. The molecule has 2 fully saturated rings. The standard InChI is InChI=1S/C26H30N3OPS/c1-22-21-32-20-19-27(22)26(23-11-5-2-6-12-23)31(30)28(24-13-7-3-8-14-24)17-18-29(31)25-15-9-4-10-16-25/h2-16,22,26H,17-21H2,1H3. The maximum Gasteiger partial charge on any atom is 0.284 e. The molecular formula is C26H30N3OPS. The van der Waals surface area contributed by atoms with Crippen LogP contribution in [0.2, 0.25) is 0 Å². The summed E-state index contributed by atoms with van der Waals surface area (Å²) >= 11 is 2.00. The van der Waals surface area contributed by atoms with E-state index >= 15 is 4.57 Å². The van der Waals surface area contributed by atoms with Crippen LogP contribution in [-0.4, -0.2) is 42.1 Å². The Hall–Kier alpha value is -2.20. The maximum atomic E-state index is 15.6. The molecule has 0 radical (unpaired) electrons. The lowest BCUT2D eigenvalue weighted by molar-refractivity contribution is 0.208. The predicted molar refractivity (Wildman–Crippen MR) is 138 cm³/mol. The van der Waals surface area contributed by atoms with E-state index in [1.165, 1.54) is 0 Å². The summed E-state index contributed by atoms with van der Waals surface area (Å²) in [6.45, 7) is 4.72. The van der Waals surface area contributed by atoms with Gasteiger partial charge in [-0.3, -0.25) is 9.46 Å². The summed E-state index contributed by atoms with van der Waals surface area (Å²) in [4.78, 5) is 2.50. The lowest BCUT2D eigenvalue weighted by atomic mass is 10.2. The largest absolute Gasteiger partial charge is 0.304 e. The Morgan fingerprint density at radius 3 is 1.78 bits per heavy atom. The average molecular weight is 464 g/mol. The number of nitrogens with zero attached hydrogens (tertiary/aromatic N) is 3. The Labute approximate surface area is 195 Å². The van der Waals surface area contributed by atoms with E-state index < -0.39 is 7.44 Å². The van der Waals surface area contributed by atoms with Crippen LogP contribution in [0.15, 0.2) is 91.0 Å². The lowest BCUT2D eigenvalue weighted by Crippen LogP contribution is -2.45. The second kappa shape index (κ2) is 9.35. The molecule has 0 amide bonds. The highest BCUT2D eigenvalue weighted by molar-refractivity contribution is 7.99. The van der Waals surface area contributed by atoms with Gasteiger partial charge in [-0.2, -0.15) is 11.8 Å². The van der Waals surface area contributed by atoms with Crippen molar-refractivity contribution >= 4 is 30.6 Å². The van der Waals surface area contributed by atoms with E-state index in [0.29, 0.717) is 6.04 Å². The van der Waals surface area contributed by atoms with Gasteiger partial charge < -0.3 is 9.34 Å². The molecule has 2 unspecified atom stereocenters. The number of anilines is 2. The number of thioether (sulfide) groups is 1. The SMILES string of the molecule is CC1CSCCN1C(c1ccccc1)P1(=O)N(c2ccccc2)CCN1c1ccccc1. The van der Waals surface area contributed by atoms with Gasteiger partial charge in [0.2, 0.25) is 0 Å². The summed E-state index contributed by atoms with van der Waals surface area (Å²) < 4.78 is 20.0. The third kappa shape index (κ3) is 3.87. The molecule has 5 rings (SSSR count). The Kier molecular flexibility index (Phi) is 6.32. The Morgan fingerprint density at radius 2 is 1.28 bits per heavy atom. The van der Waals surface area contributed by atoms with Crippen molar-refractivity contribution in [3.63, 3.8) is 0 Å². The van der Waals surface area contributed by atoms with Gasteiger partial charge >= 0.3 is 0 Å². The molecule has 2 heterocycles. The van der Waals surface area contributed by atoms with E-state index in [1.807, 2.05) is 54.2 Å². The first kappa shape index (κ1) is 21.6. The van der Waals surface area contributed by atoms with E-state index in [0.717, 1.165) is 48.1 Å². The van der Waals surface area contributed by atoms with Gasteiger partial charge in [-0.05, 0) is 36.8 Å². The topological polar surface area (TPSA) is 26.8 Å². The van der Waals surface area contributed by atoms with Crippen LogP contribution in [0, 0.1) is 0 Å². The van der Waals surface area contributed by atoms with Gasteiger partial charge in [0, 0.05) is 48.6 Å². The normalized spacial score (nSPS) is 22.1. The highest BCUT2D eigenvalue weighted by Gasteiger charge is 2.53. The fourth-order valence-electron chi connectivity index (χ4n) is 4.97. The summed E-state index contributed by atoms with van der Waals surface area (Å²) in [6.07, 6.45) is 0. The minimum atomic E-state index is -3.09. The van der Waals surface area contributed by atoms with Crippen molar-refractivity contribution in [3.8, 4) is 0 Å². The van der Waals surface area contributed by atoms with Gasteiger partial charge in [0.25, 0.3) is 7.44 Å². The second-order valence-corrected chi connectivity index (χ2v) is 12.2. The van der Waals surface area contributed by atoms with Crippen molar-refractivity contribution in [1.29, 1.82) is 0 Å². The average Bonchev–Trinajstić information content (AvgIpc) is 3.20. The molecule has 4 nitrogen and oxygen atoms in total. The Bertz CT molecular complexity index is 1010. The number of para-hydroxylation sites is 2. The number of hydrogen-bond donors (Lipinski definition) is 0. The molecule has 32 heavy (non-hydrogen) atoms. The molecule has 0 aromatic heterocycles.